The summed E-state index contributed by atoms with van der Waals surface area (Å²) >= 11 is 2.41. The largest absolute Gasteiger partial charge is 0.354 e. The molecule has 27 heavy (non-hydrogen) atoms. The lowest BCUT2D eigenvalue weighted by molar-refractivity contribution is 0.746. The SMILES string of the molecule is ICc1ccc2c(c1)CCCN2c1ncnc(NCCc2cccnc2)n1. The van der Waals surface area contributed by atoms with Crippen LogP contribution in [0.25, 0.3) is 0 Å². The summed E-state index contributed by atoms with van der Waals surface area (Å²) in [6.45, 7) is 1.68. The molecule has 0 radical (unpaired) electrons. The first-order valence-corrected chi connectivity index (χ1v) is 10.6. The van der Waals surface area contributed by atoms with Gasteiger partial charge >= 0.3 is 0 Å². The predicted molar refractivity (Wildman–Crippen MR) is 116 cm³/mol. The van der Waals surface area contributed by atoms with Gasteiger partial charge in [0, 0.05) is 35.6 Å². The normalized spacial score (nSPS) is 13.3. The van der Waals surface area contributed by atoms with E-state index >= 15 is 0 Å². The van der Waals surface area contributed by atoms with Crippen molar-refractivity contribution in [1.29, 1.82) is 0 Å². The number of fused-ring (bicyclic) bond motifs is 1. The number of aromatic nitrogens is 4. The average molecular weight is 472 g/mol. The molecule has 0 saturated heterocycles. The van der Waals surface area contributed by atoms with Gasteiger partial charge in [0.2, 0.25) is 11.9 Å². The van der Waals surface area contributed by atoms with E-state index in [4.69, 9.17) is 0 Å². The summed E-state index contributed by atoms with van der Waals surface area (Å²) in [5.74, 6) is 1.32. The highest BCUT2D eigenvalue weighted by Gasteiger charge is 2.21. The van der Waals surface area contributed by atoms with Crippen LogP contribution in [0.15, 0.2) is 49.1 Å². The van der Waals surface area contributed by atoms with Crippen LogP contribution in [-0.4, -0.2) is 33.0 Å². The zero-order chi connectivity index (χ0) is 18.5. The van der Waals surface area contributed by atoms with Crippen LogP contribution in [0.1, 0.15) is 23.1 Å². The monoisotopic (exact) mass is 472 g/mol. The predicted octanol–water partition coefficient (Wildman–Crippen LogP) is 3.94. The molecule has 1 aliphatic heterocycles. The minimum atomic E-state index is 0.611. The fraction of sp³-hybridized carbons (Fsp3) is 0.300. The van der Waals surface area contributed by atoms with Crippen LogP contribution in [0.2, 0.25) is 0 Å². The van der Waals surface area contributed by atoms with Crippen molar-refractivity contribution in [3.05, 3.63) is 65.7 Å². The van der Waals surface area contributed by atoms with Gasteiger partial charge in [-0.25, -0.2) is 9.97 Å². The number of halogens is 1. The lowest BCUT2D eigenvalue weighted by Gasteiger charge is -2.29. The maximum Gasteiger partial charge on any atom is 0.234 e. The summed E-state index contributed by atoms with van der Waals surface area (Å²) in [6, 6.07) is 10.7. The van der Waals surface area contributed by atoms with Crippen molar-refractivity contribution >= 4 is 40.2 Å². The molecule has 3 heterocycles. The van der Waals surface area contributed by atoms with E-state index in [9.17, 15) is 0 Å². The molecular weight excluding hydrogens is 451 g/mol. The number of alkyl halides is 1. The van der Waals surface area contributed by atoms with E-state index < -0.39 is 0 Å². The van der Waals surface area contributed by atoms with Crippen LogP contribution < -0.4 is 10.2 Å². The van der Waals surface area contributed by atoms with Crippen LogP contribution in [0, 0.1) is 0 Å². The smallest absolute Gasteiger partial charge is 0.234 e. The highest BCUT2D eigenvalue weighted by Crippen LogP contribution is 2.32. The van der Waals surface area contributed by atoms with E-state index in [2.05, 4.69) is 77.0 Å². The Balaban J connectivity index is 1.48. The number of hydrogen-bond acceptors (Lipinski definition) is 6. The molecule has 6 nitrogen and oxygen atoms in total. The lowest BCUT2D eigenvalue weighted by atomic mass is 10.00. The number of nitrogens with one attached hydrogen (secondary N) is 1. The van der Waals surface area contributed by atoms with Crippen LogP contribution >= 0.6 is 22.6 Å². The number of nitrogens with zero attached hydrogens (tertiary/aromatic N) is 5. The molecule has 0 unspecified atom stereocenters. The highest BCUT2D eigenvalue weighted by atomic mass is 127. The van der Waals surface area contributed by atoms with Gasteiger partial charge in [-0.3, -0.25) is 4.98 Å². The fourth-order valence-electron chi connectivity index (χ4n) is 3.31. The van der Waals surface area contributed by atoms with Gasteiger partial charge in [-0.2, -0.15) is 4.98 Å². The molecule has 2 aromatic heterocycles. The second kappa shape index (κ2) is 8.60. The van der Waals surface area contributed by atoms with Gasteiger partial charge in [-0.15, -0.1) is 0 Å². The molecule has 0 aliphatic carbocycles. The van der Waals surface area contributed by atoms with E-state index in [0.29, 0.717) is 11.9 Å². The van der Waals surface area contributed by atoms with E-state index in [1.807, 2.05) is 12.3 Å². The Kier molecular flexibility index (Phi) is 5.76. The first-order chi connectivity index (χ1) is 13.3. The number of benzene rings is 1. The maximum atomic E-state index is 4.64. The van der Waals surface area contributed by atoms with Crippen LogP contribution in [0.3, 0.4) is 0 Å². The maximum absolute atomic E-state index is 4.64. The van der Waals surface area contributed by atoms with E-state index in [0.717, 1.165) is 36.8 Å². The van der Waals surface area contributed by atoms with E-state index in [-0.39, 0.29) is 0 Å². The van der Waals surface area contributed by atoms with Crippen molar-refractivity contribution in [2.24, 2.45) is 0 Å². The molecule has 1 aliphatic rings. The minimum absolute atomic E-state index is 0.611. The topological polar surface area (TPSA) is 66.8 Å². The van der Waals surface area contributed by atoms with Crippen molar-refractivity contribution in [2.45, 2.75) is 23.7 Å². The zero-order valence-electron chi connectivity index (χ0n) is 15.0. The van der Waals surface area contributed by atoms with Crippen LogP contribution in [-0.2, 0) is 17.3 Å². The first kappa shape index (κ1) is 18.1. The van der Waals surface area contributed by atoms with Crippen molar-refractivity contribution in [3.8, 4) is 0 Å². The standard InChI is InChI=1S/C20H21IN6/c21-12-16-5-6-18-17(11-16)4-2-10-27(18)20-25-14-24-19(26-20)23-9-7-15-3-1-8-22-13-15/h1,3,5-6,8,11,13-14H,2,4,7,9-10,12H2,(H,23,24,25,26). The van der Waals surface area contributed by atoms with Crippen LogP contribution in [0.5, 0.6) is 0 Å². The third kappa shape index (κ3) is 4.35. The molecule has 0 spiro atoms. The molecule has 0 amide bonds. The summed E-state index contributed by atoms with van der Waals surface area (Å²) < 4.78 is 1.03. The van der Waals surface area contributed by atoms with Gasteiger partial charge in [0.05, 0.1) is 0 Å². The summed E-state index contributed by atoms with van der Waals surface area (Å²) in [5.41, 5.74) is 5.14. The summed E-state index contributed by atoms with van der Waals surface area (Å²) in [5, 5.41) is 3.30. The van der Waals surface area contributed by atoms with Crippen LogP contribution in [0.4, 0.5) is 17.6 Å². The van der Waals surface area contributed by atoms with Gasteiger partial charge in [-0.1, -0.05) is 40.8 Å². The number of rotatable bonds is 6. The minimum Gasteiger partial charge on any atom is -0.354 e. The summed E-state index contributed by atoms with van der Waals surface area (Å²) in [4.78, 5) is 19.7. The summed E-state index contributed by atoms with van der Waals surface area (Å²) in [6.07, 6.45) is 8.34. The second-order valence-corrected chi connectivity index (χ2v) is 7.26. The average Bonchev–Trinajstić information content (AvgIpc) is 2.74. The van der Waals surface area contributed by atoms with Crippen molar-refractivity contribution < 1.29 is 0 Å². The molecule has 0 bridgehead atoms. The molecule has 1 aromatic carbocycles. The first-order valence-electron chi connectivity index (χ1n) is 9.10. The molecular formula is C20H21IN6. The molecule has 7 heteroatoms. The lowest BCUT2D eigenvalue weighted by Crippen LogP contribution is -2.26. The van der Waals surface area contributed by atoms with Gasteiger partial charge in [-0.05, 0) is 48.1 Å². The van der Waals surface area contributed by atoms with Crippen molar-refractivity contribution in [1.82, 2.24) is 19.9 Å². The van der Waals surface area contributed by atoms with Crippen molar-refractivity contribution in [3.63, 3.8) is 0 Å². The summed E-state index contributed by atoms with van der Waals surface area (Å²) in [7, 11) is 0. The van der Waals surface area contributed by atoms with Gasteiger partial charge in [0.1, 0.15) is 6.33 Å². The Morgan fingerprint density at radius 2 is 2.11 bits per heavy atom. The van der Waals surface area contributed by atoms with Gasteiger partial charge < -0.3 is 10.2 Å². The van der Waals surface area contributed by atoms with Gasteiger partial charge in [0.15, 0.2) is 0 Å². The molecule has 4 rings (SSSR count). The number of hydrogen-bond donors (Lipinski definition) is 1. The third-order valence-corrected chi connectivity index (χ3v) is 5.52. The highest BCUT2D eigenvalue weighted by molar-refractivity contribution is 14.1. The molecule has 0 atom stereocenters. The third-order valence-electron chi connectivity index (χ3n) is 4.64. The molecule has 1 N–H and O–H groups in total. The Labute approximate surface area is 172 Å². The Bertz CT molecular complexity index is 902. The number of anilines is 3. The number of aryl methyl sites for hydroxylation is 1. The zero-order valence-corrected chi connectivity index (χ0v) is 17.1. The Hall–Kier alpha value is -2.29. The van der Waals surface area contributed by atoms with E-state index in [1.165, 1.54) is 22.4 Å². The van der Waals surface area contributed by atoms with Gasteiger partial charge in [0.25, 0.3) is 0 Å². The molecule has 3 aromatic rings. The Morgan fingerprint density at radius 3 is 2.96 bits per heavy atom. The van der Waals surface area contributed by atoms with E-state index in [1.54, 1.807) is 12.5 Å². The fourth-order valence-corrected chi connectivity index (χ4v) is 3.78. The molecule has 138 valence electrons. The quantitative estimate of drug-likeness (QED) is 0.433. The Morgan fingerprint density at radius 1 is 1.15 bits per heavy atom. The number of pyridine rings is 1. The molecule has 0 saturated carbocycles. The van der Waals surface area contributed by atoms with Crippen molar-refractivity contribution in [2.75, 3.05) is 23.3 Å². The molecule has 0 fully saturated rings. The second-order valence-electron chi connectivity index (χ2n) is 6.50.